The van der Waals surface area contributed by atoms with E-state index in [2.05, 4.69) is 5.32 Å². The molecule has 0 aliphatic rings. The molecule has 1 amide bonds. The number of aryl methyl sites for hydroxylation is 3. The molecule has 0 unspecified atom stereocenters. The van der Waals surface area contributed by atoms with Crippen molar-refractivity contribution in [3.8, 4) is 5.75 Å². The van der Waals surface area contributed by atoms with Crippen LogP contribution in [0.1, 0.15) is 16.7 Å². The van der Waals surface area contributed by atoms with Gasteiger partial charge >= 0.3 is 0 Å². The summed E-state index contributed by atoms with van der Waals surface area (Å²) in [5.41, 5.74) is 3.19. The Labute approximate surface area is 210 Å². The van der Waals surface area contributed by atoms with Crippen LogP contribution in [0.2, 0.25) is 10.0 Å². The average Bonchev–Trinajstić information content (AvgIpc) is 2.76. The Morgan fingerprint density at radius 3 is 2.21 bits per heavy atom. The third kappa shape index (κ3) is 6.65. The fourth-order valence-electron chi connectivity index (χ4n) is 3.38. The molecule has 1 N–H and O–H groups in total. The molecule has 3 aromatic carbocycles. The fourth-order valence-corrected chi connectivity index (χ4v) is 5.24. The maximum absolute atomic E-state index is 13.4. The van der Waals surface area contributed by atoms with Crippen molar-refractivity contribution in [1.82, 2.24) is 5.32 Å². The van der Waals surface area contributed by atoms with Gasteiger partial charge in [0, 0.05) is 5.02 Å². The molecule has 0 bridgehead atoms. The Bertz CT molecular complexity index is 1260. The summed E-state index contributed by atoms with van der Waals surface area (Å²) < 4.78 is 33.6. The number of hydrogen-bond donors (Lipinski definition) is 1. The van der Waals surface area contributed by atoms with Crippen molar-refractivity contribution in [2.45, 2.75) is 25.7 Å². The van der Waals surface area contributed by atoms with E-state index >= 15 is 0 Å². The molecule has 9 heteroatoms. The number of nitrogens with zero attached hydrogens (tertiary/aromatic N) is 1. The maximum Gasteiger partial charge on any atom is 0.264 e. The summed E-state index contributed by atoms with van der Waals surface area (Å²) in [6.45, 7) is 5.78. The Hall–Kier alpha value is -2.74. The number of amides is 1. The number of hydrogen-bond acceptors (Lipinski definition) is 4. The molecule has 0 fully saturated rings. The quantitative estimate of drug-likeness (QED) is 0.388. The Balaban J connectivity index is 1.75. The highest BCUT2D eigenvalue weighted by atomic mass is 35.5. The predicted octanol–water partition coefficient (Wildman–Crippen LogP) is 5.31. The zero-order valence-electron chi connectivity index (χ0n) is 19.1. The molecule has 6 nitrogen and oxygen atoms in total. The minimum atomic E-state index is -4.09. The zero-order valence-corrected chi connectivity index (χ0v) is 21.5. The lowest BCUT2D eigenvalue weighted by Crippen LogP contribution is -2.42. The summed E-state index contributed by atoms with van der Waals surface area (Å²) in [6, 6.07) is 16.7. The third-order valence-corrected chi connectivity index (χ3v) is 7.29. The number of sulfonamides is 1. The van der Waals surface area contributed by atoms with E-state index in [9.17, 15) is 13.2 Å². The second-order valence-corrected chi connectivity index (χ2v) is 10.6. The van der Waals surface area contributed by atoms with Crippen LogP contribution in [0.3, 0.4) is 0 Å². The Kier molecular flexibility index (Phi) is 8.47. The number of halogens is 2. The number of ether oxygens (including phenoxy) is 1. The first kappa shape index (κ1) is 25.9. The van der Waals surface area contributed by atoms with Gasteiger partial charge in [0.05, 0.1) is 22.2 Å². The standard InChI is InChI=1S/C25H26Cl2N2O4S/c1-17-4-7-22(8-5-17)34(31,32)29(24-15-20(26)6-9-23(24)27)16-25(30)28-10-11-33-21-13-18(2)12-19(3)14-21/h4-9,12-15H,10-11,16H2,1-3H3,(H,28,30). The molecule has 0 radical (unpaired) electrons. The summed E-state index contributed by atoms with van der Waals surface area (Å²) in [6.07, 6.45) is 0. The number of carbonyl (C=O) groups excluding carboxylic acids is 1. The highest BCUT2D eigenvalue weighted by Crippen LogP contribution is 2.33. The van der Waals surface area contributed by atoms with Crippen LogP contribution in [0.4, 0.5) is 5.69 Å². The topological polar surface area (TPSA) is 75.7 Å². The van der Waals surface area contributed by atoms with Crippen LogP contribution < -0.4 is 14.4 Å². The van der Waals surface area contributed by atoms with Crippen LogP contribution in [-0.2, 0) is 14.8 Å². The van der Waals surface area contributed by atoms with E-state index in [1.165, 1.54) is 24.3 Å². The summed E-state index contributed by atoms with van der Waals surface area (Å²) in [7, 11) is -4.09. The van der Waals surface area contributed by atoms with Crippen LogP contribution >= 0.6 is 23.2 Å². The molecule has 180 valence electrons. The fraction of sp³-hybridized carbons (Fsp3) is 0.240. The molecule has 0 saturated heterocycles. The highest BCUT2D eigenvalue weighted by Gasteiger charge is 2.29. The summed E-state index contributed by atoms with van der Waals surface area (Å²) in [4.78, 5) is 12.8. The van der Waals surface area contributed by atoms with Gasteiger partial charge in [-0.3, -0.25) is 9.10 Å². The average molecular weight is 521 g/mol. The van der Waals surface area contributed by atoms with Gasteiger partial charge in [-0.2, -0.15) is 0 Å². The van der Waals surface area contributed by atoms with Gasteiger partial charge in [0.1, 0.15) is 18.9 Å². The van der Waals surface area contributed by atoms with E-state index in [1.807, 2.05) is 39.0 Å². The van der Waals surface area contributed by atoms with Crippen LogP contribution in [0, 0.1) is 20.8 Å². The molecule has 3 rings (SSSR count). The molecule has 0 heterocycles. The number of benzene rings is 3. The summed E-state index contributed by atoms with van der Waals surface area (Å²) >= 11 is 12.4. The normalized spacial score (nSPS) is 11.2. The van der Waals surface area contributed by atoms with E-state index in [4.69, 9.17) is 27.9 Å². The van der Waals surface area contributed by atoms with Crippen LogP contribution in [0.25, 0.3) is 0 Å². The molecule has 34 heavy (non-hydrogen) atoms. The minimum Gasteiger partial charge on any atom is -0.492 e. The SMILES string of the molecule is Cc1ccc(S(=O)(=O)N(CC(=O)NCCOc2cc(C)cc(C)c2)c2cc(Cl)ccc2Cl)cc1. The largest absolute Gasteiger partial charge is 0.492 e. The second-order valence-electron chi connectivity index (χ2n) is 7.94. The molecule has 0 aliphatic heterocycles. The monoisotopic (exact) mass is 520 g/mol. The number of rotatable bonds is 9. The van der Waals surface area contributed by atoms with E-state index in [1.54, 1.807) is 18.2 Å². The van der Waals surface area contributed by atoms with Gasteiger partial charge in [0.15, 0.2) is 0 Å². The lowest BCUT2D eigenvalue weighted by atomic mass is 10.1. The maximum atomic E-state index is 13.4. The van der Waals surface area contributed by atoms with Gasteiger partial charge in [-0.05, 0) is 74.4 Å². The molecular formula is C25H26Cl2N2O4S. The van der Waals surface area contributed by atoms with Crippen molar-refractivity contribution >= 4 is 44.8 Å². The van der Waals surface area contributed by atoms with Crippen molar-refractivity contribution in [2.24, 2.45) is 0 Å². The van der Waals surface area contributed by atoms with Crippen molar-refractivity contribution in [3.63, 3.8) is 0 Å². The molecule has 0 saturated carbocycles. The second kappa shape index (κ2) is 11.1. The highest BCUT2D eigenvalue weighted by molar-refractivity contribution is 7.92. The summed E-state index contributed by atoms with van der Waals surface area (Å²) in [5, 5.41) is 3.16. The Morgan fingerprint density at radius 1 is 0.912 bits per heavy atom. The molecular weight excluding hydrogens is 495 g/mol. The third-order valence-electron chi connectivity index (χ3n) is 4.96. The van der Waals surface area contributed by atoms with Gasteiger partial charge < -0.3 is 10.1 Å². The molecule has 0 spiro atoms. The van der Waals surface area contributed by atoms with Crippen molar-refractivity contribution < 1.29 is 17.9 Å². The van der Waals surface area contributed by atoms with E-state index in [0.717, 1.165) is 21.0 Å². The first-order valence-electron chi connectivity index (χ1n) is 10.6. The predicted molar refractivity (Wildman–Crippen MR) is 137 cm³/mol. The van der Waals surface area contributed by atoms with Crippen molar-refractivity contribution in [3.05, 3.63) is 87.4 Å². The van der Waals surface area contributed by atoms with Gasteiger partial charge in [-0.25, -0.2) is 8.42 Å². The van der Waals surface area contributed by atoms with E-state index in [0.29, 0.717) is 10.8 Å². The van der Waals surface area contributed by atoms with E-state index < -0.39 is 22.5 Å². The van der Waals surface area contributed by atoms with Crippen LogP contribution in [-0.4, -0.2) is 34.0 Å². The van der Waals surface area contributed by atoms with E-state index in [-0.39, 0.29) is 28.8 Å². The first-order valence-corrected chi connectivity index (χ1v) is 12.8. The molecule has 0 atom stereocenters. The number of nitrogens with one attached hydrogen (secondary N) is 1. The van der Waals surface area contributed by atoms with Crippen LogP contribution in [0.5, 0.6) is 5.75 Å². The minimum absolute atomic E-state index is 0.0418. The van der Waals surface area contributed by atoms with Gasteiger partial charge in [-0.15, -0.1) is 0 Å². The molecule has 0 aliphatic carbocycles. The molecule has 3 aromatic rings. The smallest absolute Gasteiger partial charge is 0.264 e. The lowest BCUT2D eigenvalue weighted by Gasteiger charge is -2.25. The first-order chi connectivity index (χ1) is 16.1. The van der Waals surface area contributed by atoms with Crippen molar-refractivity contribution in [1.29, 1.82) is 0 Å². The lowest BCUT2D eigenvalue weighted by molar-refractivity contribution is -0.119. The number of carbonyl (C=O) groups is 1. The zero-order chi connectivity index (χ0) is 24.9. The van der Waals surface area contributed by atoms with Gasteiger partial charge in [-0.1, -0.05) is 47.0 Å². The molecule has 0 aromatic heterocycles. The van der Waals surface area contributed by atoms with Gasteiger partial charge in [0.2, 0.25) is 5.91 Å². The number of anilines is 1. The summed E-state index contributed by atoms with van der Waals surface area (Å²) in [5.74, 6) is 0.205. The van der Waals surface area contributed by atoms with Crippen molar-refractivity contribution in [2.75, 3.05) is 24.0 Å². The van der Waals surface area contributed by atoms with Gasteiger partial charge in [0.25, 0.3) is 10.0 Å². The van der Waals surface area contributed by atoms with Crippen LogP contribution in [0.15, 0.2) is 65.6 Å². The Morgan fingerprint density at radius 2 is 1.56 bits per heavy atom.